The van der Waals surface area contributed by atoms with Gasteiger partial charge in [-0.15, -0.1) is 0 Å². The van der Waals surface area contributed by atoms with E-state index in [2.05, 4.69) is 5.32 Å². The van der Waals surface area contributed by atoms with Crippen LogP contribution < -0.4 is 11.1 Å². The molecule has 0 saturated carbocycles. The zero-order chi connectivity index (χ0) is 14.7. The van der Waals surface area contributed by atoms with Crippen LogP contribution in [-0.4, -0.2) is 10.8 Å². The van der Waals surface area contributed by atoms with E-state index in [-0.39, 0.29) is 15.6 Å². The second-order valence-corrected chi connectivity index (χ2v) is 5.46. The summed E-state index contributed by atoms with van der Waals surface area (Å²) < 4.78 is 0. The van der Waals surface area contributed by atoms with Gasteiger partial charge in [-0.2, -0.15) is 0 Å². The van der Waals surface area contributed by atoms with Crippen molar-refractivity contribution in [3.05, 3.63) is 55.9 Å². The van der Waals surface area contributed by atoms with Crippen molar-refractivity contribution in [3.8, 4) is 0 Å². The van der Waals surface area contributed by atoms with Crippen molar-refractivity contribution < 1.29 is 9.72 Å². The maximum absolute atomic E-state index is 11.0. The van der Waals surface area contributed by atoms with Gasteiger partial charge in [0.05, 0.1) is 15.5 Å². The van der Waals surface area contributed by atoms with Crippen molar-refractivity contribution >= 4 is 39.5 Å². The molecule has 6 nitrogen and oxygen atoms in total. The van der Waals surface area contributed by atoms with E-state index in [1.807, 2.05) is 0 Å². The molecule has 8 heteroatoms. The largest absolute Gasteiger partial charge is 0.380 e. The highest BCUT2D eigenvalue weighted by Gasteiger charge is 2.10. The van der Waals surface area contributed by atoms with Gasteiger partial charge < -0.3 is 11.1 Å². The van der Waals surface area contributed by atoms with Gasteiger partial charge in [0.1, 0.15) is 0 Å². The van der Waals surface area contributed by atoms with E-state index < -0.39 is 10.8 Å². The Labute approximate surface area is 123 Å². The quantitative estimate of drug-likeness (QED) is 0.655. The molecule has 0 aliphatic carbocycles. The number of thiophene rings is 1. The third-order valence-corrected chi connectivity index (χ3v) is 3.88. The molecule has 1 aromatic carbocycles. The number of halogens is 1. The normalized spacial score (nSPS) is 10.2. The molecule has 20 heavy (non-hydrogen) atoms. The fourth-order valence-corrected chi connectivity index (χ4v) is 2.61. The van der Waals surface area contributed by atoms with Gasteiger partial charge in [-0.1, -0.05) is 22.9 Å². The summed E-state index contributed by atoms with van der Waals surface area (Å²) in [5.74, 6) is -0.588. The highest BCUT2D eigenvalue weighted by Crippen LogP contribution is 2.25. The maximum Gasteiger partial charge on any atom is 0.324 e. The number of nitrogens with one attached hydrogen (secondary N) is 1. The number of benzene rings is 1. The third kappa shape index (κ3) is 3.25. The molecule has 1 amide bonds. The molecule has 1 aromatic heterocycles. The fraction of sp³-hybridized carbons (Fsp3) is 0.0833. The smallest absolute Gasteiger partial charge is 0.324 e. The molecule has 3 N–H and O–H groups in total. The summed E-state index contributed by atoms with van der Waals surface area (Å²) in [4.78, 5) is 22.0. The van der Waals surface area contributed by atoms with Crippen molar-refractivity contribution in [2.75, 3.05) is 5.32 Å². The van der Waals surface area contributed by atoms with E-state index in [4.69, 9.17) is 17.3 Å². The molecule has 0 aliphatic heterocycles. The lowest BCUT2D eigenvalue weighted by molar-refractivity contribution is -0.380. The van der Waals surface area contributed by atoms with Crippen molar-refractivity contribution in [1.82, 2.24) is 0 Å². The summed E-state index contributed by atoms with van der Waals surface area (Å²) in [6.07, 6.45) is 0. The summed E-state index contributed by atoms with van der Waals surface area (Å²) >= 11 is 7.03. The highest BCUT2D eigenvalue weighted by atomic mass is 35.5. The minimum atomic E-state index is -0.588. The van der Waals surface area contributed by atoms with Gasteiger partial charge in [0.15, 0.2) is 0 Å². The molecule has 0 saturated heterocycles. The number of primary amides is 1. The number of carbonyl (C=O) groups is 1. The van der Waals surface area contributed by atoms with Crippen molar-refractivity contribution in [3.63, 3.8) is 0 Å². The topological polar surface area (TPSA) is 98.3 Å². The number of nitrogens with two attached hydrogens (primary N) is 1. The molecular formula is C12H10ClN3O3S. The predicted octanol–water partition coefficient (Wildman–Crippen LogP) is 3.02. The molecule has 0 spiro atoms. The summed E-state index contributed by atoms with van der Waals surface area (Å²) in [5.41, 5.74) is 6.11. The summed E-state index contributed by atoms with van der Waals surface area (Å²) in [5, 5.41) is 14.0. The Morgan fingerprint density at radius 3 is 2.70 bits per heavy atom. The standard InChI is InChI=1S/C12H10ClN3O3S/c13-10-5-7(1-3-9(10)12(14)17)15-6-8-2-4-11(20-8)16(18)19/h1-5,15H,6H2,(H2,14,17). The Morgan fingerprint density at radius 1 is 1.40 bits per heavy atom. The Kier molecular flexibility index (Phi) is 4.21. The molecule has 2 aromatic rings. The average Bonchev–Trinajstić information content (AvgIpc) is 2.85. The first-order valence-electron chi connectivity index (χ1n) is 5.53. The number of amides is 1. The van der Waals surface area contributed by atoms with E-state index >= 15 is 0 Å². The molecule has 1 heterocycles. The third-order valence-electron chi connectivity index (χ3n) is 2.53. The molecule has 0 aliphatic rings. The van der Waals surface area contributed by atoms with Gasteiger partial charge in [-0.25, -0.2) is 0 Å². The van der Waals surface area contributed by atoms with E-state index in [0.717, 1.165) is 16.2 Å². The molecular weight excluding hydrogens is 302 g/mol. The Bertz CT molecular complexity index is 672. The number of hydrogen-bond acceptors (Lipinski definition) is 5. The molecule has 0 fully saturated rings. The van der Waals surface area contributed by atoms with Crippen LogP contribution in [-0.2, 0) is 6.54 Å². The van der Waals surface area contributed by atoms with E-state index in [1.165, 1.54) is 12.1 Å². The number of carbonyl (C=O) groups excluding carboxylic acids is 1. The van der Waals surface area contributed by atoms with E-state index in [1.54, 1.807) is 18.2 Å². The summed E-state index contributed by atoms with van der Waals surface area (Å²) in [6, 6.07) is 7.95. The van der Waals surface area contributed by atoms with Crippen LogP contribution in [0.4, 0.5) is 10.7 Å². The second kappa shape index (κ2) is 5.89. The predicted molar refractivity (Wildman–Crippen MR) is 78.3 cm³/mol. The van der Waals surface area contributed by atoms with Crippen LogP contribution in [0, 0.1) is 10.1 Å². The number of nitrogens with zero attached hydrogens (tertiary/aromatic N) is 1. The van der Waals surface area contributed by atoms with Gasteiger partial charge >= 0.3 is 5.00 Å². The number of hydrogen-bond donors (Lipinski definition) is 2. The van der Waals surface area contributed by atoms with Crippen molar-refractivity contribution in [1.29, 1.82) is 0 Å². The first kappa shape index (κ1) is 14.3. The van der Waals surface area contributed by atoms with Crippen LogP contribution in [0.3, 0.4) is 0 Å². The SMILES string of the molecule is NC(=O)c1ccc(NCc2ccc([N+](=O)[O-])s2)cc1Cl. The highest BCUT2D eigenvalue weighted by molar-refractivity contribution is 7.15. The number of rotatable bonds is 5. The zero-order valence-electron chi connectivity index (χ0n) is 10.1. The van der Waals surface area contributed by atoms with Crippen LogP contribution in [0.15, 0.2) is 30.3 Å². The lowest BCUT2D eigenvalue weighted by Crippen LogP contribution is -2.11. The second-order valence-electron chi connectivity index (χ2n) is 3.91. The van der Waals surface area contributed by atoms with Crippen LogP contribution in [0.25, 0.3) is 0 Å². The van der Waals surface area contributed by atoms with Gasteiger partial charge in [0, 0.05) is 23.2 Å². The lowest BCUT2D eigenvalue weighted by atomic mass is 10.2. The lowest BCUT2D eigenvalue weighted by Gasteiger charge is -2.06. The molecule has 0 atom stereocenters. The monoisotopic (exact) mass is 311 g/mol. The molecule has 0 radical (unpaired) electrons. The molecule has 0 unspecified atom stereocenters. The Hall–Kier alpha value is -2.12. The number of anilines is 1. The first-order chi connectivity index (χ1) is 9.47. The first-order valence-corrected chi connectivity index (χ1v) is 6.73. The van der Waals surface area contributed by atoms with Gasteiger partial charge in [0.2, 0.25) is 5.91 Å². The minimum absolute atomic E-state index is 0.101. The van der Waals surface area contributed by atoms with Crippen LogP contribution >= 0.6 is 22.9 Å². The van der Waals surface area contributed by atoms with Gasteiger partial charge in [-0.05, 0) is 24.3 Å². The van der Waals surface area contributed by atoms with Crippen molar-refractivity contribution in [2.45, 2.75) is 6.54 Å². The molecule has 2 rings (SSSR count). The van der Waals surface area contributed by atoms with Crippen molar-refractivity contribution in [2.24, 2.45) is 5.73 Å². The molecule has 0 bridgehead atoms. The van der Waals surface area contributed by atoms with Crippen LogP contribution in [0.2, 0.25) is 5.02 Å². The minimum Gasteiger partial charge on any atom is -0.380 e. The van der Waals surface area contributed by atoms with E-state index in [0.29, 0.717) is 12.2 Å². The van der Waals surface area contributed by atoms with Crippen LogP contribution in [0.5, 0.6) is 0 Å². The zero-order valence-corrected chi connectivity index (χ0v) is 11.7. The Morgan fingerprint density at radius 2 is 2.15 bits per heavy atom. The van der Waals surface area contributed by atoms with E-state index in [9.17, 15) is 14.9 Å². The molecule has 104 valence electrons. The summed E-state index contributed by atoms with van der Waals surface area (Å²) in [7, 11) is 0. The maximum atomic E-state index is 11.0. The summed E-state index contributed by atoms with van der Waals surface area (Å²) in [6.45, 7) is 0.435. The average molecular weight is 312 g/mol. The van der Waals surface area contributed by atoms with Gasteiger partial charge in [0.25, 0.3) is 0 Å². The number of nitro groups is 1. The van der Waals surface area contributed by atoms with Crippen LogP contribution in [0.1, 0.15) is 15.2 Å². The Balaban J connectivity index is 2.05. The van der Waals surface area contributed by atoms with Gasteiger partial charge in [-0.3, -0.25) is 14.9 Å². The fourth-order valence-electron chi connectivity index (χ4n) is 1.57.